The summed E-state index contributed by atoms with van der Waals surface area (Å²) in [4.78, 5) is 26.2. The zero-order valence-electron chi connectivity index (χ0n) is 22.4. The molecule has 17 nitrogen and oxygen atoms in total. The van der Waals surface area contributed by atoms with E-state index < -0.39 is 112 Å². The molecule has 3 aromatic carbocycles. The van der Waals surface area contributed by atoms with Gasteiger partial charge in [-0.05, 0) is 30.3 Å². The van der Waals surface area contributed by atoms with Gasteiger partial charge in [0, 0.05) is 11.6 Å². The molecule has 17 heteroatoms. The molecule has 1 aliphatic rings. The first-order valence-corrected chi connectivity index (χ1v) is 12.7. The van der Waals surface area contributed by atoms with Crippen LogP contribution >= 0.6 is 0 Å². The van der Waals surface area contributed by atoms with Gasteiger partial charge >= 0.3 is 5.97 Å². The first kappa shape index (κ1) is 30.8. The number of hydrogen-bond donors (Lipinski definition) is 11. The van der Waals surface area contributed by atoms with Gasteiger partial charge in [-0.15, -0.1) is 0 Å². The summed E-state index contributed by atoms with van der Waals surface area (Å²) in [5.41, 5.74) is -2.14. The summed E-state index contributed by atoms with van der Waals surface area (Å²) >= 11 is 0. The summed E-state index contributed by atoms with van der Waals surface area (Å²) in [7, 11) is 0. The predicted molar refractivity (Wildman–Crippen MR) is 145 cm³/mol. The van der Waals surface area contributed by atoms with E-state index in [1.54, 1.807) is 0 Å². The van der Waals surface area contributed by atoms with Crippen molar-refractivity contribution >= 4 is 16.9 Å². The monoisotopic (exact) mass is 632 g/mol. The zero-order valence-corrected chi connectivity index (χ0v) is 22.4. The molecule has 0 unspecified atom stereocenters. The van der Waals surface area contributed by atoms with E-state index in [0.29, 0.717) is 0 Å². The molecule has 1 fully saturated rings. The largest absolute Gasteiger partial charge is 0.504 e. The van der Waals surface area contributed by atoms with Crippen LogP contribution in [0.1, 0.15) is 10.4 Å². The van der Waals surface area contributed by atoms with Gasteiger partial charge in [0.2, 0.25) is 17.5 Å². The van der Waals surface area contributed by atoms with Crippen molar-refractivity contribution in [3.63, 3.8) is 0 Å². The molecule has 238 valence electrons. The maximum atomic E-state index is 13.6. The van der Waals surface area contributed by atoms with Gasteiger partial charge in [0.1, 0.15) is 23.9 Å². The fourth-order valence-electron chi connectivity index (χ4n) is 4.56. The molecule has 0 spiro atoms. The molecule has 0 bridgehead atoms. The summed E-state index contributed by atoms with van der Waals surface area (Å²) in [5, 5.41) is 110. The van der Waals surface area contributed by atoms with E-state index in [1.807, 2.05) is 0 Å². The lowest BCUT2D eigenvalue weighted by atomic mass is 9.98. The number of aromatic hydroxyl groups is 8. The number of carbonyl (C=O) groups excluding carboxylic acids is 1. The lowest BCUT2D eigenvalue weighted by molar-refractivity contribution is -0.277. The van der Waals surface area contributed by atoms with E-state index in [2.05, 4.69) is 0 Å². The van der Waals surface area contributed by atoms with Crippen LogP contribution in [0.25, 0.3) is 22.3 Å². The summed E-state index contributed by atoms with van der Waals surface area (Å²) in [6, 6.07) is 4.91. The number of phenolic OH excluding ortho intramolecular Hbond substituents is 8. The number of esters is 1. The molecule has 1 saturated heterocycles. The van der Waals surface area contributed by atoms with Crippen LogP contribution in [0.15, 0.2) is 45.6 Å². The number of rotatable bonds is 6. The molecule has 5 atom stereocenters. The molecule has 0 aliphatic carbocycles. The Hall–Kier alpha value is -5.62. The average Bonchev–Trinajstić information content (AvgIpc) is 2.99. The molecule has 11 N–H and O–H groups in total. The highest BCUT2D eigenvalue weighted by Crippen LogP contribution is 2.43. The van der Waals surface area contributed by atoms with Crippen LogP contribution in [-0.2, 0) is 9.47 Å². The highest BCUT2D eigenvalue weighted by molar-refractivity contribution is 5.91. The van der Waals surface area contributed by atoms with Gasteiger partial charge in [0.05, 0.1) is 17.6 Å². The van der Waals surface area contributed by atoms with Gasteiger partial charge in [-0.3, -0.25) is 4.79 Å². The number of hydrogen-bond acceptors (Lipinski definition) is 17. The number of phenols is 8. The third-order valence-electron chi connectivity index (χ3n) is 6.88. The predicted octanol–water partition coefficient (Wildman–Crippen LogP) is 0.148. The summed E-state index contributed by atoms with van der Waals surface area (Å²) in [6.45, 7) is -0.959. The highest BCUT2D eigenvalue weighted by atomic mass is 16.7. The molecule has 2 heterocycles. The lowest BCUT2D eigenvalue weighted by Crippen LogP contribution is -2.61. The third-order valence-corrected chi connectivity index (χ3v) is 6.88. The van der Waals surface area contributed by atoms with Crippen molar-refractivity contribution in [1.82, 2.24) is 0 Å². The number of aliphatic hydroxyl groups excluding tert-OH is 3. The van der Waals surface area contributed by atoms with Crippen LogP contribution in [0.3, 0.4) is 0 Å². The first-order valence-electron chi connectivity index (χ1n) is 12.7. The smallest absolute Gasteiger partial charge is 0.338 e. The van der Waals surface area contributed by atoms with Crippen LogP contribution in [0.2, 0.25) is 0 Å². The third kappa shape index (κ3) is 5.47. The molecular formula is C28H24O17. The minimum absolute atomic E-state index is 0.277. The van der Waals surface area contributed by atoms with Crippen molar-refractivity contribution < 1.29 is 79.6 Å². The molecular weight excluding hydrogens is 608 g/mol. The summed E-state index contributed by atoms with van der Waals surface area (Å²) in [6.07, 6.45) is -9.62. The van der Waals surface area contributed by atoms with Gasteiger partial charge in [0.15, 0.2) is 57.9 Å². The number of ether oxygens (including phenoxy) is 3. The van der Waals surface area contributed by atoms with Gasteiger partial charge in [-0.2, -0.15) is 0 Å². The Morgan fingerprint density at radius 1 is 0.756 bits per heavy atom. The van der Waals surface area contributed by atoms with Crippen molar-refractivity contribution in [3.05, 3.63) is 52.2 Å². The minimum Gasteiger partial charge on any atom is -0.504 e. The standard InChI is InChI=1S/C28H24O17/c29-7-18-25(44-27(41)9-3-15(34)21(38)16(35)4-9)22(39)23(40)28(43-18)45-26-19(36)10-5-11(30)12(31)6-17(10)42-24(26)8-1-13(32)20(37)14(33)2-8/h1-6,18,22-23,25,28-35,37-40H,7H2/t18-,22-,23-,25-,28+/m1/s1. The first-order chi connectivity index (χ1) is 21.2. The molecule has 4 aromatic rings. The number of benzene rings is 3. The zero-order chi connectivity index (χ0) is 32.9. The number of aliphatic hydroxyl groups is 3. The second kappa shape index (κ2) is 11.5. The Kier molecular flexibility index (Phi) is 7.86. The second-order valence-electron chi connectivity index (χ2n) is 9.85. The van der Waals surface area contributed by atoms with Crippen LogP contribution in [0.5, 0.6) is 51.7 Å². The van der Waals surface area contributed by atoms with E-state index in [1.165, 1.54) is 0 Å². The molecule has 45 heavy (non-hydrogen) atoms. The summed E-state index contributed by atoms with van der Waals surface area (Å²) < 4.78 is 21.9. The van der Waals surface area contributed by atoms with Crippen molar-refractivity contribution in [3.8, 4) is 63.1 Å². The van der Waals surface area contributed by atoms with Crippen molar-refractivity contribution in [2.45, 2.75) is 30.7 Å². The topological polar surface area (TPSA) is 298 Å². The SMILES string of the molecule is O=C(O[C@H]1[C@H](O)[C@@H](O)[C@H](Oc2c(-c3cc(O)c(O)c(O)c3)oc3cc(O)c(O)cc3c2=O)O[C@@H]1CO)c1cc(O)c(O)c(O)c1. The van der Waals surface area contributed by atoms with E-state index in [0.717, 1.165) is 36.4 Å². The second-order valence-corrected chi connectivity index (χ2v) is 9.85. The van der Waals surface area contributed by atoms with Crippen molar-refractivity contribution in [1.29, 1.82) is 0 Å². The maximum Gasteiger partial charge on any atom is 0.338 e. The maximum absolute atomic E-state index is 13.6. The van der Waals surface area contributed by atoms with Crippen LogP contribution in [0.4, 0.5) is 0 Å². The van der Waals surface area contributed by atoms with Crippen LogP contribution < -0.4 is 10.2 Å². The Morgan fingerprint density at radius 2 is 1.31 bits per heavy atom. The fourth-order valence-corrected chi connectivity index (χ4v) is 4.56. The molecule has 5 rings (SSSR count). The van der Waals surface area contributed by atoms with Crippen LogP contribution in [0, 0.1) is 0 Å². The van der Waals surface area contributed by atoms with Gasteiger partial charge < -0.3 is 74.8 Å². The van der Waals surface area contributed by atoms with Crippen LogP contribution in [-0.4, -0.2) is 99.5 Å². The lowest BCUT2D eigenvalue weighted by Gasteiger charge is -2.41. The van der Waals surface area contributed by atoms with Gasteiger partial charge in [-0.25, -0.2) is 4.79 Å². The van der Waals surface area contributed by atoms with E-state index in [9.17, 15) is 65.8 Å². The Bertz CT molecular complexity index is 1820. The van der Waals surface area contributed by atoms with E-state index in [4.69, 9.17) is 18.6 Å². The number of carbonyl (C=O) groups is 1. The molecule has 1 aliphatic heterocycles. The quantitative estimate of drug-likeness (QED) is 0.0995. The van der Waals surface area contributed by atoms with Crippen molar-refractivity contribution in [2.24, 2.45) is 0 Å². The molecule has 0 radical (unpaired) electrons. The van der Waals surface area contributed by atoms with Gasteiger partial charge in [0.25, 0.3) is 0 Å². The van der Waals surface area contributed by atoms with E-state index >= 15 is 0 Å². The average molecular weight is 632 g/mol. The molecule has 0 saturated carbocycles. The minimum atomic E-state index is -2.12. The van der Waals surface area contributed by atoms with Gasteiger partial charge in [-0.1, -0.05) is 0 Å². The normalized spacial score (nSPS) is 21.4. The number of fused-ring (bicyclic) bond motifs is 1. The molecule has 1 aromatic heterocycles. The molecule has 0 amide bonds. The van der Waals surface area contributed by atoms with E-state index in [-0.39, 0.29) is 16.5 Å². The Balaban J connectivity index is 1.52. The Morgan fingerprint density at radius 3 is 1.89 bits per heavy atom. The Labute approximate surface area is 249 Å². The highest BCUT2D eigenvalue weighted by Gasteiger charge is 2.48. The fraction of sp³-hybridized carbons (Fsp3) is 0.214. The summed E-state index contributed by atoms with van der Waals surface area (Å²) in [5.74, 6) is -9.33. The van der Waals surface area contributed by atoms with Crippen molar-refractivity contribution in [2.75, 3.05) is 6.61 Å².